The van der Waals surface area contributed by atoms with E-state index >= 15 is 0 Å². The number of carboxylic acid groups (broad SMARTS) is 1. The molecular weight excluding hydrogens is 295 g/mol. The highest BCUT2D eigenvalue weighted by molar-refractivity contribution is 9.10. The summed E-state index contributed by atoms with van der Waals surface area (Å²) in [6, 6.07) is 5.24. The van der Waals surface area contributed by atoms with E-state index in [9.17, 15) is 4.79 Å². The summed E-state index contributed by atoms with van der Waals surface area (Å²) in [6.07, 6.45) is 1.10. The molecule has 0 atom stereocenters. The largest absolute Gasteiger partial charge is 0.488 e. The maximum atomic E-state index is 10.4. The van der Waals surface area contributed by atoms with Gasteiger partial charge in [-0.2, -0.15) is 0 Å². The van der Waals surface area contributed by atoms with Gasteiger partial charge < -0.3 is 9.84 Å². The van der Waals surface area contributed by atoms with Crippen LogP contribution in [0.25, 0.3) is 0 Å². The minimum atomic E-state index is -0.985. The number of rotatable bonds is 4. The minimum absolute atomic E-state index is 0.197. The van der Waals surface area contributed by atoms with Crippen LogP contribution in [0.4, 0.5) is 0 Å². The first-order valence-electron chi connectivity index (χ1n) is 4.47. The predicted molar refractivity (Wildman–Crippen MR) is 66.0 cm³/mol. The van der Waals surface area contributed by atoms with Gasteiger partial charge in [0.2, 0.25) is 0 Å². The van der Waals surface area contributed by atoms with Crippen LogP contribution < -0.4 is 4.74 Å². The molecule has 86 valence electrons. The summed E-state index contributed by atoms with van der Waals surface area (Å²) >= 11 is 9.20. The molecule has 0 aromatic heterocycles. The molecule has 1 aromatic rings. The molecule has 1 aromatic carbocycles. The summed E-state index contributed by atoms with van der Waals surface area (Å²) < 4.78 is 6.24. The number of aliphatic carboxylic acids is 1. The van der Waals surface area contributed by atoms with E-state index in [-0.39, 0.29) is 6.61 Å². The van der Waals surface area contributed by atoms with Crippen LogP contribution in [0.2, 0.25) is 5.02 Å². The van der Waals surface area contributed by atoms with Gasteiger partial charge in [-0.25, -0.2) is 4.79 Å². The van der Waals surface area contributed by atoms with Crippen molar-refractivity contribution in [1.29, 1.82) is 0 Å². The molecule has 0 saturated carbocycles. The lowest BCUT2D eigenvalue weighted by Crippen LogP contribution is -2.01. The van der Waals surface area contributed by atoms with E-state index in [1.807, 2.05) is 0 Å². The third kappa shape index (κ3) is 4.24. The van der Waals surface area contributed by atoms with Crippen molar-refractivity contribution < 1.29 is 14.6 Å². The molecule has 0 bridgehead atoms. The van der Waals surface area contributed by atoms with Gasteiger partial charge in [-0.05, 0) is 30.7 Å². The third-order valence-electron chi connectivity index (χ3n) is 1.72. The van der Waals surface area contributed by atoms with Crippen molar-refractivity contribution >= 4 is 33.5 Å². The molecule has 0 amide bonds. The Labute approximate surface area is 107 Å². The first kappa shape index (κ1) is 13.1. The third-order valence-corrected chi connectivity index (χ3v) is 2.52. The second kappa shape index (κ2) is 5.92. The van der Waals surface area contributed by atoms with Gasteiger partial charge in [0.25, 0.3) is 0 Å². The quantitative estimate of drug-likeness (QED) is 0.866. The van der Waals surface area contributed by atoms with Crippen molar-refractivity contribution in [3.63, 3.8) is 0 Å². The average molecular weight is 306 g/mol. The number of ether oxygens (including phenoxy) is 1. The number of benzene rings is 1. The van der Waals surface area contributed by atoms with Crippen LogP contribution in [0.1, 0.15) is 6.92 Å². The molecule has 0 aliphatic carbocycles. The molecule has 0 heterocycles. The lowest BCUT2D eigenvalue weighted by atomic mass is 10.3. The van der Waals surface area contributed by atoms with Gasteiger partial charge in [0.15, 0.2) is 0 Å². The zero-order chi connectivity index (χ0) is 12.1. The van der Waals surface area contributed by atoms with E-state index in [4.69, 9.17) is 21.4 Å². The molecule has 0 aliphatic rings. The van der Waals surface area contributed by atoms with Gasteiger partial charge in [0, 0.05) is 10.5 Å². The van der Waals surface area contributed by atoms with Crippen LogP contribution in [-0.4, -0.2) is 17.7 Å². The van der Waals surface area contributed by atoms with E-state index in [0.717, 1.165) is 10.5 Å². The van der Waals surface area contributed by atoms with Crippen LogP contribution in [0, 0.1) is 0 Å². The van der Waals surface area contributed by atoms with Crippen molar-refractivity contribution in [1.82, 2.24) is 0 Å². The van der Waals surface area contributed by atoms with E-state index < -0.39 is 5.97 Å². The molecule has 0 fully saturated rings. The van der Waals surface area contributed by atoms with Crippen LogP contribution in [0.15, 0.2) is 34.3 Å². The molecule has 1 N–H and O–H groups in total. The minimum Gasteiger partial charge on any atom is -0.488 e. The Balaban J connectivity index is 2.68. The molecule has 3 nitrogen and oxygen atoms in total. The van der Waals surface area contributed by atoms with Crippen molar-refractivity contribution in [3.05, 3.63) is 39.3 Å². The second-order valence-corrected chi connectivity index (χ2v) is 4.52. The summed E-state index contributed by atoms with van der Waals surface area (Å²) in [6.45, 7) is 1.88. The van der Waals surface area contributed by atoms with Crippen LogP contribution in [-0.2, 0) is 4.79 Å². The van der Waals surface area contributed by atoms with Crippen LogP contribution in [0.3, 0.4) is 0 Å². The van der Waals surface area contributed by atoms with Crippen LogP contribution in [0.5, 0.6) is 5.75 Å². The van der Waals surface area contributed by atoms with Gasteiger partial charge in [-0.3, -0.25) is 0 Å². The molecule has 0 saturated heterocycles. The topological polar surface area (TPSA) is 46.5 Å². The summed E-state index contributed by atoms with van der Waals surface area (Å²) in [7, 11) is 0. The number of hydrogen-bond acceptors (Lipinski definition) is 2. The van der Waals surface area contributed by atoms with Gasteiger partial charge in [0.05, 0.1) is 5.02 Å². The first-order valence-corrected chi connectivity index (χ1v) is 5.64. The fourth-order valence-electron chi connectivity index (χ4n) is 1.03. The van der Waals surface area contributed by atoms with Gasteiger partial charge in [-0.1, -0.05) is 27.5 Å². The predicted octanol–water partition coefficient (Wildman–Crippen LogP) is 3.51. The summed E-state index contributed by atoms with van der Waals surface area (Å²) in [5.74, 6) is -0.462. The fourth-order valence-corrected chi connectivity index (χ4v) is 1.54. The number of carboxylic acids is 1. The maximum absolute atomic E-state index is 10.4. The van der Waals surface area contributed by atoms with E-state index in [0.29, 0.717) is 16.3 Å². The maximum Gasteiger partial charge on any atom is 0.328 e. The van der Waals surface area contributed by atoms with Crippen molar-refractivity contribution in [2.45, 2.75) is 6.92 Å². The summed E-state index contributed by atoms with van der Waals surface area (Å²) in [5, 5.41) is 9.01. The van der Waals surface area contributed by atoms with Gasteiger partial charge in [0.1, 0.15) is 12.4 Å². The smallest absolute Gasteiger partial charge is 0.328 e. The Morgan fingerprint density at radius 2 is 2.31 bits per heavy atom. The zero-order valence-corrected chi connectivity index (χ0v) is 10.9. The molecule has 16 heavy (non-hydrogen) atoms. The SMILES string of the molecule is CC(=CC(=O)O)COc1cc(Br)ccc1Cl. The second-order valence-electron chi connectivity index (χ2n) is 3.19. The van der Waals surface area contributed by atoms with Crippen molar-refractivity contribution in [2.24, 2.45) is 0 Å². The summed E-state index contributed by atoms with van der Waals surface area (Å²) in [5.41, 5.74) is 0.614. The number of hydrogen-bond donors (Lipinski definition) is 1. The van der Waals surface area contributed by atoms with Crippen molar-refractivity contribution in [3.8, 4) is 5.75 Å². The molecular formula is C11H10BrClO3. The molecule has 0 spiro atoms. The molecule has 5 heteroatoms. The summed E-state index contributed by atoms with van der Waals surface area (Å²) in [4.78, 5) is 10.4. The standard InChI is InChI=1S/C11H10BrClO3/c1-7(4-11(14)15)6-16-10-5-8(12)2-3-9(10)13/h2-5H,6H2,1H3,(H,14,15). The highest BCUT2D eigenvalue weighted by Crippen LogP contribution is 2.28. The first-order chi connectivity index (χ1) is 7.49. The molecule has 0 radical (unpaired) electrons. The lowest BCUT2D eigenvalue weighted by molar-refractivity contribution is -0.131. The highest BCUT2D eigenvalue weighted by atomic mass is 79.9. The average Bonchev–Trinajstić information content (AvgIpc) is 2.18. The Morgan fingerprint density at radius 3 is 2.94 bits per heavy atom. The Hall–Kier alpha value is -1.000. The highest BCUT2D eigenvalue weighted by Gasteiger charge is 2.03. The Morgan fingerprint density at radius 1 is 1.62 bits per heavy atom. The monoisotopic (exact) mass is 304 g/mol. The molecule has 0 aliphatic heterocycles. The Bertz CT molecular complexity index is 429. The number of halogens is 2. The van der Waals surface area contributed by atoms with Crippen molar-refractivity contribution in [2.75, 3.05) is 6.61 Å². The van der Waals surface area contributed by atoms with Gasteiger partial charge in [-0.15, -0.1) is 0 Å². The lowest BCUT2D eigenvalue weighted by Gasteiger charge is -2.08. The van der Waals surface area contributed by atoms with E-state index in [1.54, 1.807) is 25.1 Å². The van der Waals surface area contributed by atoms with Gasteiger partial charge >= 0.3 is 5.97 Å². The van der Waals surface area contributed by atoms with E-state index in [2.05, 4.69) is 15.9 Å². The normalized spacial score (nSPS) is 11.3. The fraction of sp³-hybridized carbons (Fsp3) is 0.182. The van der Waals surface area contributed by atoms with E-state index in [1.165, 1.54) is 0 Å². The molecule has 0 unspecified atom stereocenters. The Kier molecular flexibility index (Phi) is 4.83. The molecule has 1 rings (SSSR count). The zero-order valence-electron chi connectivity index (χ0n) is 8.54. The number of carbonyl (C=O) groups is 1. The van der Waals surface area contributed by atoms with Crippen LogP contribution >= 0.6 is 27.5 Å².